The zero-order chi connectivity index (χ0) is 18.6. The van der Waals surface area contributed by atoms with E-state index in [9.17, 15) is 9.59 Å². The highest BCUT2D eigenvalue weighted by Gasteiger charge is 2.38. The van der Waals surface area contributed by atoms with Crippen LogP contribution in [0.25, 0.3) is 0 Å². The third-order valence-electron chi connectivity index (χ3n) is 6.37. The Morgan fingerprint density at radius 3 is 2.52 bits per heavy atom. The summed E-state index contributed by atoms with van der Waals surface area (Å²) in [5, 5.41) is 5.82. The quantitative estimate of drug-likeness (QED) is 0.835. The topological polar surface area (TPSA) is 70.7 Å². The monoisotopic (exact) mass is 371 g/mol. The number of hydrogen-bond acceptors (Lipinski definition) is 3. The summed E-state index contributed by atoms with van der Waals surface area (Å²) in [6.45, 7) is 3.17. The van der Waals surface area contributed by atoms with Gasteiger partial charge in [0.1, 0.15) is 0 Å². The molecule has 1 saturated heterocycles. The molecular weight excluding hydrogens is 342 g/mol. The van der Waals surface area contributed by atoms with Gasteiger partial charge in [-0.25, -0.2) is 4.79 Å². The molecule has 1 aromatic carbocycles. The maximum absolute atomic E-state index is 12.4. The van der Waals surface area contributed by atoms with Crippen molar-refractivity contribution < 1.29 is 14.3 Å². The molecule has 3 amide bonds. The van der Waals surface area contributed by atoms with Crippen molar-refractivity contribution in [2.24, 2.45) is 17.8 Å². The first-order chi connectivity index (χ1) is 13.2. The number of nitrogens with one attached hydrogen (secondary N) is 2. The largest absolute Gasteiger partial charge is 0.378 e. The summed E-state index contributed by atoms with van der Waals surface area (Å²) in [4.78, 5) is 26.3. The van der Waals surface area contributed by atoms with E-state index in [0.717, 1.165) is 30.7 Å². The second-order valence-corrected chi connectivity index (χ2v) is 8.09. The molecule has 0 unspecified atom stereocenters. The van der Waals surface area contributed by atoms with E-state index in [1.165, 1.54) is 25.7 Å². The summed E-state index contributed by atoms with van der Waals surface area (Å²) >= 11 is 0. The average molecular weight is 371 g/mol. The van der Waals surface area contributed by atoms with Gasteiger partial charge in [0.05, 0.1) is 13.2 Å². The molecule has 2 N–H and O–H groups in total. The number of hydrogen-bond donors (Lipinski definition) is 2. The number of carbonyl (C=O) groups excluding carboxylic acids is 2. The summed E-state index contributed by atoms with van der Waals surface area (Å²) < 4.78 is 5.28. The van der Waals surface area contributed by atoms with Crippen molar-refractivity contribution in [3.8, 4) is 0 Å². The van der Waals surface area contributed by atoms with Gasteiger partial charge in [-0.1, -0.05) is 6.42 Å². The predicted molar refractivity (Wildman–Crippen MR) is 104 cm³/mol. The molecule has 1 aliphatic heterocycles. The molecule has 0 aromatic heterocycles. The summed E-state index contributed by atoms with van der Waals surface area (Å²) in [6.07, 6.45) is 6.65. The van der Waals surface area contributed by atoms with E-state index in [1.54, 1.807) is 29.2 Å². The van der Waals surface area contributed by atoms with E-state index >= 15 is 0 Å². The second kappa shape index (κ2) is 8.30. The van der Waals surface area contributed by atoms with Crippen LogP contribution in [0.5, 0.6) is 0 Å². The Balaban J connectivity index is 1.20. The summed E-state index contributed by atoms with van der Waals surface area (Å²) in [5.74, 6) is 2.67. The molecule has 2 bridgehead atoms. The molecule has 6 heteroatoms. The van der Waals surface area contributed by atoms with E-state index in [1.807, 2.05) is 0 Å². The van der Waals surface area contributed by atoms with Crippen molar-refractivity contribution in [2.45, 2.75) is 32.1 Å². The Kier molecular flexibility index (Phi) is 5.62. The fraction of sp³-hybridized carbons (Fsp3) is 0.619. The molecule has 1 aromatic rings. The van der Waals surface area contributed by atoms with Crippen LogP contribution in [-0.4, -0.2) is 49.7 Å². The molecule has 146 valence electrons. The fourth-order valence-electron chi connectivity index (χ4n) is 4.92. The van der Waals surface area contributed by atoms with Crippen molar-refractivity contribution in [2.75, 3.05) is 38.2 Å². The number of ether oxygens (including phenoxy) is 1. The van der Waals surface area contributed by atoms with Crippen molar-refractivity contribution in [1.29, 1.82) is 0 Å². The van der Waals surface area contributed by atoms with Crippen LogP contribution >= 0.6 is 0 Å². The van der Waals surface area contributed by atoms with Gasteiger partial charge < -0.3 is 20.3 Å². The fourth-order valence-corrected chi connectivity index (χ4v) is 4.92. The van der Waals surface area contributed by atoms with E-state index in [2.05, 4.69) is 10.6 Å². The maximum Gasteiger partial charge on any atom is 0.319 e. The maximum atomic E-state index is 12.4. The molecule has 3 fully saturated rings. The number of anilines is 1. The van der Waals surface area contributed by atoms with Crippen molar-refractivity contribution in [1.82, 2.24) is 10.2 Å². The minimum absolute atomic E-state index is 0.0140. The van der Waals surface area contributed by atoms with Gasteiger partial charge in [-0.15, -0.1) is 0 Å². The van der Waals surface area contributed by atoms with Gasteiger partial charge in [0, 0.05) is 30.9 Å². The third-order valence-corrected chi connectivity index (χ3v) is 6.37. The Hall–Kier alpha value is -2.08. The van der Waals surface area contributed by atoms with Crippen LogP contribution in [0.3, 0.4) is 0 Å². The summed E-state index contributed by atoms with van der Waals surface area (Å²) in [6, 6.07) is 6.92. The van der Waals surface area contributed by atoms with Crippen LogP contribution in [0.15, 0.2) is 24.3 Å². The number of nitrogens with zero attached hydrogens (tertiary/aromatic N) is 1. The lowest BCUT2D eigenvalue weighted by molar-refractivity contribution is 0.0303. The Morgan fingerprint density at radius 1 is 1.07 bits per heavy atom. The van der Waals surface area contributed by atoms with Crippen LogP contribution in [0.4, 0.5) is 10.5 Å². The lowest BCUT2D eigenvalue weighted by atomic mass is 9.86. The normalized spacial score (nSPS) is 26.8. The Morgan fingerprint density at radius 2 is 1.85 bits per heavy atom. The first-order valence-corrected chi connectivity index (χ1v) is 10.2. The van der Waals surface area contributed by atoms with Gasteiger partial charge in [0.15, 0.2) is 0 Å². The average Bonchev–Trinajstić information content (AvgIpc) is 3.32. The predicted octanol–water partition coefficient (Wildman–Crippen LogP) is 3.11. The van der Waals surface area contributed by atoms with Crippen LogP contribution in [0, 0.1) is 17.8 Å². The van der Waals surface area contributed by atoms with Crippen molar-refractivity contribution >= 4 is 17.6 Å². The Labute approximate surface area is 160 Å². The van der Waals surface area contributed by atoms with E-state index < -0.39 is 0 Å². The Bertz CT molecular complexity index is 670. The van der Waals surface area contributed by atoms with Crippen LogP contribution in [-0.2, 0) is 4.74 Å². The van der Waals surface area contributed by atoms with E-state index in [4.69, 9.17) is 4.74 Å². The molecule has 0 radical (unpaired) electrons. The minimum atomic E-state index is -0.176. The first-order valence-electron chi connectivity index (χ1n) is 10.2. The zero-order valence-corrected chi connectivity index (χ0v) is 15.8. The van der Waals surface area contributed by atoms with Gasteiger partial charge in [0.2, 0.25) is 0 Å². The number of rotatable bonds is 5. The van der Waals surface area contributed by atoms with Crippen LogP contribution < -0.4 is 10.6 Å². The van der Waals surface area contributed by atoms with E-state index in [0.29, 0.717) is 37.6 Å². The van der Waals surface area contributed by atoms with Gasteiger partial charge in [-0.2, -0.15) is 0 Å². The summed E-state index contributed by atoms with van der Waals surface area (Å²) in [7, 11) is 0. The van der Waals surface area contributed by atoms with Crippen molar-refractivity contribution in [3.63, 3.8) is 0 Å². The van der Waals surface area contributed by atoms with Gasteiger partial charge in [-0.3, -0.25) is 4.79 Å². The lowest BCUT2D eigenvalue weighted by Gasteiger charge is -2.26. The molecule has 4 rings (SSSR count). The minimum Gasteiger partial charge on any atom is -0.378 e. The van der Waals surface area contributed by atoms with Gasteiger partial charge in [-0.05, 0) is 67.7 Å². The third kappa shape index (κ3) is 4.43. The number of carbonyl (C=O) groups is 2. The number of urea groups is 1. The van der Waals surface area contributed by atoms with Gasteiger partial charge in [0.25, 0.3) is 5.91 Å². The summed E-state index contributed by atoms with van der Waals surface area (Å²) in [5.41, 5.74) is 1.34. The van der Waals surface area contributed by atoms with Crippen molar-refractivity contribution in [3.05, 3.63) is 29.8 Å². The number of morpholine rings is 1. The second-order valence-electron chi connectivity index (χ2n) is 8.09. The standard InChI is InChI=1S/C21H29N3O3/c25-20(24-9-11-27-12-10-24)16-3-5-19(6-4-16)23-21(26)22-8-7-18-14-15-1-2-17(18)13-15/h3-6,15,17-18H,1-2,7-14H2,(H2,22,23,26)/t15-,17-,18-/m0/s1. The molecule has 2 aliphatic carbocycles. The zero-order valence-electron chi connectivity index (χ0n) is 15.8. The lowest BCUT2D eigenvalue weighted by Crippen LogP contribution is -2.40. The smallest absolute Gasteiger partial charge is 0.319 e. The molecule has 2 saturated carbocycles. The molecule has 1 heterocycles. The number of benzene rings is 1. The number of amides is 3. The first kappa shape index (κ1) is 18.3. The SMILES string of the molecule is O=C(NCC[C@H]1C[C@H]2CC[C@H]1C2)Nc1ccc(C(=O)N2CCOCC2)cc1. The molecular formula is C21H29N3O3. The molecule has 6 nitrogen and oxygen atoms in total. The molecule has 3 aliphatic rings. The number of fused-ring (bicyclic) bond motifs is 2. The molecule has 3 atom stereocenters. The van der Waals surface area contributed by atoms with E-state index in [-0.39, 0.29) is 11.9 Å². The molecule has 27 heavy (non-hydrogen) atoms. The highest BCUT2D eigenvalue weighted by atomic mass is 16.5. The highest BCUT2D eigenvalue weighted by molar-refractivity contribution is 5.95. The molecule has 0 spiro atoms. The van der Waals surface area contributed by atoms with Crippen LogP contribution in [0.1, 0.15) is 42.5 Å². The van der Waals surface area contributed by atoms with Gasteiger partial charge >= 0.3 is 6.03 Å². The van der Waals surface area contributed by atoms with Crippen LogP contribution in [0.2, 0.25) is 0 Å². The highest BCUT2D eigenvalue weighted by Crippen LogP contribution is 2.49.